The molecule has 0 radical (unpaired) electrons. The number of methoxy groups -OCH3 is 1. The molecule has 4 aromatic rings. The Kier molecular flexibility index (Phi) is 7.09. The van der Waals surface area contributed by atoms with E-state index in [9.17, 15) is 9.65 Å². The van der Waals surface area contributed by atoms with Gasteiger partial charge in [-0.25, -0.2) is 14.1 Å². The maximum atomic E-state index is 13.8. The number of nitrogens with zero attached hydrogens (tertiary/aromatic N) is 5. The lowest BCUT2D eigenvalue weighted by Crippen LogP contribution is -2.35. The van der Waals surface area contributed by atoms with Crippen LogP contribution in [0.4, 0.5) is 4.39 Å². The molecule has 0 fully saturated rings. The van der Waals surface area contributed by atoms with Gasteiger partial charge in [0.2, 0.25) is 0 Å². The van der Waals surface area contributed by atoms with Crippen molar-refractivity contribution < 1.29 is 13.9 Å². The normalized spacial score (nSPS) is 15.4. The molecule has 0 spiro atoms. The molecule has 8 nitrogen and oxygen atoms in total. The SMILES string of the molecule is COc1c(C#N)ccc2c1cc(-c1nc3n(n1)CCNC3c1ccc(F)cc1C)n2COCC[Si](C)(C)C. The van der Waals surface area contributed by atoms with Gasteiger partial charge in [-0.3, -0.25) is 0 Å². The zero-order valence-corrected chi connectivity index (χ0v) is 23.5. The molecule has 1 atom stereocenters. The second kappa shape index (κ2) is 10.3. The van der Waals surface area contributed by atoms with Crippen LogP contribution in [0, 0.1) is 24.1 Å². The quantitative estimate of drug-likeness (QED) is 0.247. The van der Waals surface area contributed by atoms with Crippen molar-refractivity contribution in [2.24, 2.45) is 0 Å². The summed E-state index contributed by atoms with van der Waals surface area (Å²) in [5.41, 5.74) is 3.98. The fraction of sp³-hybridized carbons (Fsp3) is 0.393. The van der Waals surface area contributed by atoms with E-state index in [4.69, 9.17) is 19.6 Å². The minimum Gasteiger partial charge on any atom is -0.495 e. The topological polar surface area (TPSA) is 89.9 Å². The first kappa shape index (κ1) is 26.1. The third kappa shape index (κ3) is 4.97. The van der Waals surface area contributed by atoms with Gasteiger partial charge in [0, 0.05) is 26.6 Å². The highest BCUT2D eigenvalue weighted by Gasteiger charge is 2.28. The number of aromatic nitrogens is 4. The summed E-state index contributed by atoms with van der Waals surface area (Å²) in [6.45, 7) is 11.3. The van der Waals surface area contributed by atoms with Gasteiger partial charge < -0.3 is 19.4 Å². The lowest BCUT2D eigenvalue weighted by atomic mass is 9.99. The van der Waals surface area contributed by atoms with Gasteiger partial charge in [0.1, 0.15) is 30.2 Å². The van der Waals surface area contributed by atoms with Crippen LogP contribution in [0.15, 0.2) is 36.4 Å². The van der Waals surface area contributed by atoms with Crippen LogP contribution < -0.4 is 10.1 Å². The number of ether oxygens (including phenoxy) is 2. The van der Waals surface area contributed by atoms with E-state index in [0.29, 0.717) is 37.0 Å². The molecular weight excluding hydrogens is 499 g/mol. The summed E-state index contributed by atoms with van der Waals surface area (Å²) in [6.07, 6.45) is 0. The lowest BCUT2D eigenvalue weighted by Gasteiger charge is -2.25. The summed E-state index contributed by atoms with van der Waals surface area (Å²) in [5.74, 6) is 1.62. The standard InChI is InChI=1S/C28H33FN6O2Si/c1-18-14-20(29)7-8-21(18)25-28-32-27(33-35(28)11-10-31-25)24-15-22-23(9-6-19(16-30)26(22)36-2)34(24)17-37-12-13-38(3,4)5/h6-9,14-15,25,31H,10-13,17H2,1-5H3. The van der Waals surface area contributed by atoms with Gasteiger partial charge in [0.15, 0.2) is 5.82 Å². The third-order valence-corrected chi connectivity index (χ3v) is 8.68. The number of halogens is 1. The molecule has 10 heteroatoms. The molecule has 5 rings (SSSR count). The van der Waals surface area contributed by atoms with Crippen molar-refractivity contribution in [2.75, 3.05) is 20.3 Å². The van der Waals surface area contributed by atoms with E-state index in [1.807, 2.05) is 29.8 Å². The molecule has 0 aliphatic carbocycles. The van der Waals surface area contributed by atoms with E-state index < -0.39 is 8.07 Å². The van der Waals surface area contributed by atoms with Crippen LogP contribution in [0.2, 0.25) is 25.7 Å². The highest BCUT2D eigenvalue weighted by atomic mass is 28.3. The summed E-state index contributed by atoms with van der Waals surface area (Å²) in [7, 11) is 0.334. The first-order valence-electron chi connectivity index (χ1n) is 12.8. The minimum atomic E-state index is -1.24. The monoisotopic (exact) mass is 532 g/mol. The Bertz CT molecular complexity index is 1530. The molecule has 38 heavy (non-hydrogen) atoms. The number of aryl methyl sites for hydroxylation is 1. The Labute approximate surface area is 223 Å². The average molecular weight is 533 g/mol. The van der Waals surface area contributed by atoms with Crippen LogP contribution in [-0.4, -0.2) is 47.7 Å². The number of rotatable bonds is 8. The van der Waals surface area contributed by atoms with Crippen molar-refractivity contribution in [1.82, 2.24) is 24.6 Å². The van der Waals surface area contributed by atoms with E-state index in [1.165, 1.54) is 6.07 Å². The Balaban J connectivity index is 1.59. The molecule has 0 amide bonds. The van der Waals surface area contributed by atoms with Crippen molar-refractivity contribution in [3.8, 4) is 23.3 Å². The molecule has 0 saturated carbocycles. The summed E-state index contributed by atoms with van der Waals surface area (Å²) < 4.78 is 29.6. The van der Waals surface area contributed by atoms with Crippen molar-refractivity contribution in [3.05, 3.63) is 64.7 Å². The first-order valence-corrected chi connectivity index (χ1v) is 16.5. The molecule has 1 unspecified atom stereocenters. The zero-order valence-electron chi connectivity index (χ0n) is 22.5. The van der Waals surface area contributed by atoms with Crippen molar-refractivity contribution in [1.29, 1.82) is 5.26 Å². The predicted molar refractivity (Wildman–Crippen MR) is 147 cm³/mol. The van der Waals surface area contributed by atoms with Gasteiger partial charge in [-0.1, -0.05) is 25.7 Å². The molecule has 0 bridgehead atoms. The fourth-order valence-electron chi connectivity index (χ4n) is 4.93. The van der Waals surface area contributed by atoms with Crippen LogP contribution in [0.1, 0.15) is 28.6 Å². The Morgan fingerprint density at radius 3 is 2.74 bits per heavy atom. The van der Waals surface area contributed by atoms with Crippen molar-refractivity contribution >= 4 is 19.0 Å². The average Bonchev–Trinajstić information content (AvgIpc) is 3.47. The third-order valence-electron chi connectivity index (χ3n) is 6.98. The van der Waals surface area contributed by atoms with Gasteiger partial charge in [-0.2, -0.15) is 5.26 Å². The van der Waals surface area contributed by atoms with Crippen LogP contribution in [-0.2, 0) is 18.0 Å². The molecule has 198 valence electrons. The maximum Gasteiger partial charge on any atom is 0.198 e. The zero-order chi connectivity index (χ0) is 27.0. The minimum absolute atomic E-state index is 0.198. The summed E-state index contributed by atoms with van der Waals surface area (Å²) in [4.78, 5) is 4.98. The van der Waals surface area contributed by atoms with Crippen molar-refractivity contribution in [3.63, 3.8) is 0 Å². The molecular formula is C28H33FN6O2Si. The predicted octanol–water partition coefficient (Wildman–Crippen LogP) is 5.23. The van der Waals surface area contributed by atoms with Crippen LogP contribution in [0.5, 0.6) is 5.75 Å². The maximum absolute atomic E-state index is 13.8. The molecule has 2 aromatic heterocycles. The number of fused-ring (bicyclic) bond motifs is 2. The highest BCUT2D eigenvalue weighted by Crippen LogP contribution is 2.36. The van der Waals surface area contributed by atoms with Gasteiger partial charge in [-0.15, -0.1) is 5.10 Å². The van der Waals surface area contributed by atoms with Crippen LogP contribution in [0.25, 0.3) is 22.4 Å². The smallest absolute Gasteiger partial charge is 0.198 e. The fourth-order valence-corrected chi connectivity index (χ4v) is 5.69. The molecule has 1 N–H and O–H groups in total. The van der Waals surface area contributed by atoms with E-state index in [2.05, 4.69) is 35.6 Å². The Morgan fingerprint density at radius 2 is 2.03 bits per heavy atom. The highest BCUT2D eigenvalue weighted by molar-refractivity contribution is 6.76. The van der Waals surface area contributed by atoms with E-state index in [1.54, 1.807) is 19.2 Å². The van der Waals surface area contributed by atoms with Crippen LogP contribution in [0.3, 0.4) is 0 Å². The second-order valence-corrected chi connectivity index (χ2v) is 16.5. The van der Waals surface area contributed by atoms with Gasteiger partial charge in [-0.05, 0) is 54.4 Å². The molecule has 3 heterocycles. The molecule has 1 aliphatic heterocycles. The second-order valence-electron chi connectivity index (χ2n) is 10.9. The van der Waals surface area contributed by atoms with E-state index in [-0.39, 0.29) is 11.9 Å². The summed E-state index contributed by atoms with van der Waals surface area (Å²) >= 11 is 0. The number of hydrogen-bond donors (Lipinski definition) is 1. The van der Waals surface area contributed by atoms with Crippen LogP contribution >= 0.6 is 0 Å². The van der Waals surface area contributed by atoms with E-state index in [0.717, 1.165) is 46.1 Å². The molecule has 0 saturated heterocycles. The summed E-state index contributed by atoms with van der Waals surface area (Å²) in [6, 6.07) is 13.6. The Morgan fingerprint density at radius 1 is 1.21 bits per heavy atom. The number of hydrogen-bond acceptors (Lipinski definition) is 6. The first-order chi connectivity index (χ1) is 18.2. The summed E-state index contributed by atoms with van der Waals surface area (Å²) in [5, 5.41) is 18.8. The molecule has 1 aliphatic rings. The largest absolute Gasteiger partial charge is 0.495 e. The molecule has 2 aromatic carbocycles. The van der Waals surface area contributed by atoms with Gasteiger partial charge in [0.25, 0.3) is 0 Å². The van der Waals surface area contributed by atoms with Gasteiger partial charge in [0.05, 0.1) is 36.5 Å². The Hall–Kier alpha value is -3.52. The van der Waals surface area contributed by atoms with Gasteiger partial charge >= 0.3 is 0 Å². The number of nitrogens with one attached hydrogen (secondary N) is 1. The van der Waals surface area contributed by atoms with Crippen molar-refractivity contribution in [2.45, 2.75) is 51.9 Å². The number of benzene rings is 2. The lowest BCUT2D eigenvalue weighted by molar-refractivity contribution is 0.0912. The van der Waals surface area contributed by atoms with E-state index >= 15 is 0 Å². The number of nitriles is 1.